The first-order valence-corrected chi connectivity index (χ1v) is 19.5. The van der Waals surface area contributed by atoms with Crippen LogP contribution in [0.25, 0.3) is 0 Å². The molecule has 2 aromatic carbocycles. The first-order chi connectivity index (χ1) is 24.1. The topological polar surface area (TPSA) is 122 Å². The molecule has 2 bridgehead atoms. The van der Waals surface area contributed by atoms with Crippen LogP contribution in [-0.4, -0.2) is 59.8 Å². The molecule has 0 radical (unpaired) electrons. The van der Waals surface area contributed by atoms with E-state index in [9.17, 15) is 13.8 Å². The third-order valence-electron chi connectivity index (χ3n) is 10.7. The number of benzene rings is 2. The summed E-state index contributed by atoms with van der Waals surface area (Å²) in [7, 11) is -1.79. The number of ether oxygens (including phenoxy) is 2. The smallest absolute Gasteiger partial charge is 0.332 e. The highest BCUT2D eigenvalue weighted by molar-refractivity contribution is 7.92. The number of aryl methyl sites for hydroxylation is 1. The number of hydrogen-bond donors (Lipinski definition) is 2. The van der Waals surface area contributed by atoms with Crippen LogP contribution in [0.3, 0.4) is 0 Å². The normalized spacial score (nSPS) is 29.4. The Morgan fingerprint density at radius 3 is 2.78 bits per heavy atom. The molecule has 6 atom stereocenters. The van der Waals surface area contributed by atoms with E-state index >= 15 is 0 Å². The fourth-order valence-electron chi connectivity index (χ4n) is 8.09. The van der Waals surface area contributed by atoms with Crippen molar-refractivity contribution in [2.75, 3.05) is 42.8 Å². The average Bonchev–Trinajstić information content (AvgIpc) is 3.22. The van der Waals surface area contributed by atoms with Crippen molar-refractivity contribution in [3.8, 4) is 5.75 Å². The zero-order valence-electron chi connectivity index (χ0n) is 28.5. The minimum Gasteiger partial charge on any atom is -0.490 e. The molecule has 7 rings (SSSR count). The summed E-state index contributed by atoms with van der Waals surface area (Å²) in [6, 6.07) is 15.9. The van der Waals surface area contributed by atoms with Crippen LogP contribution in [0.15, 0.2) is 77.3 Å². The second-order valence-electron chi connectivity index (χ2n) is 14.2. The van der Waals surface area contributed by atoms with Crippen molar-refractivity contribution < 1.29 is 23.3 Å². The van der Waals surface area contributed by atoms with Gasteiger partial charge < -0.3 is 14.4 Å². The molecule has 1 spiro atoms. The number of anilines is 2. The summed E-state index contributed by atoms with van der Waals surface area (Å²) in [6.07, 6.45) is 11.4. The number of nitrogens with one attached hydrogen (secondary N) is 2. The van der Waals surface area contributed by atoms with E-state index in [0.717, 1.165) is 49.4 Å². The molecule has 4 aliphatic rings. The Balaban J connectivity index is 0.00000448. The number of rotatable bonds is 3. The summed E-state index contributed by atoms with van der Waals surface area (Å²) in [5.41, 5.74) is 3.36. The number of hydrogen-bond acceptors (Lipinski definition) is 7. The van der Waals surface area contributed by atoms with E-state index < -0.39 is 21.9 Å². The van der Waals surface area contributed by atoms with Crippen molar-refractivity contribution >= 4 is 45.0 Å². The quantitative estimate of drug-likeness (QED) is 0.263. The van der Waals surface area contributed by atoms with Gasteiger partial charge in [0.15, 0.2) is 0 Å². The fraction of sp³-hybridized carbons (Fsp3) is 0.462. The van der Waals surface area contributed by atoms with Gasteiger partial charge in [-0.1, -0.05) is 50.2 Å². The van der Waals surface area contributed by atoms with Gasteiger partial charge in [0.1, 0.15) is 21.5 Å². The molecule has 2 aliphatic carbocycles. The molecular formula is C39H48ClN5O5S. The van der Waals surface area contributed by atoms with Gasteiger partial charge in [-0.15, -0.1) is 4.36 Å². The fourth-order valence-corrected chi connectivity index (χ4v) is 10.1. The molecule has 1 fully saturated rings. The Kier molecular flexibility index (Phi) is 11.1. The summed E-state index contributed by atoms with van der Waals surface area (Å²) in [6.45, 7) is 3.92. The number of nitrogens with zero attached hydrogens (tertiary/aromatic N) is 3. The van der Waals surface area contributed by atoms with Crippen molar-refractivity contribution in [2.45, 2.75) is 64.4 Å². The SMILES string of the molecule is C.CO[C@H]1/C=C/C[C@H](C)CS(=O)(NC(=O)Nc2ccccn2)=NC(=O)c2ccc3c(c2)N(C[C@@H]2CC[C@H]21)C[C@@]1(CCCc2cc(Cl)ccc21)CO3. The standard InChI is InChI=1S/C38H44ClN5O5S.CH4/c1-25-7-5-9-33(48-2)30-14-11-28(30)21-44-23-38(17-6-8-26-19-29(39)13-15-31(26)38)24-49-34-16-12-27(20-32(34)44)36(45)42-50(47,22-25)43-37(46)41-35-10-3-4-18-40-35;/h3-5,9-10,12-13,15-16,18-20,25,28,30,33H,6-8,11,14,17,21-24H2,1-2H3,(H2,40,41,42,43,45,46,47);1H4/b9-5+;/t25-,28-,30+,33-,38-,50?;/m0./s1. The van der Waals surface area contributed by atoms with E-state index in [1.165, 1.54) is 11.1 Å². The molecule has 0 saturated heterocycles. The molecule has 1 saturated carbocycles. The molecule has 51 heavy (non-hydrogen) atoms. The van der Waals surface area contributed by atoms with Gasteiger partial charge in [0.25, 0.3) is 5.91 Å². The highest BCUT2D eigenvalue weighted by atomic mass is 35.5. The van der Waals surface area contributed by atoms with E-state index in [4.69, 9.17) is 21.1 Å². The Labute approximate surface area is 306 Å². The van der Waals surface area contributed by atoms with E-state index in [1.54, 1.807) is 37.6 Å². The summed E-state index contributed by atoms with van der Waals surface area (Å²) < 4.78 is 33.8. The Bertz CT molecular complexity index is 1910. The van der Waals surface area contributed by atoms with Gasteiger partial charge in [-0.2, -0.15) is 0 Å². The van der Waals surface area contributed by atoms with Crippen LogP contribution in [0.5, 0.6) is 5.75 Å². The molecule has 2 N–H and O–H groups in total. The molecule has 3 amide bonds. The van der Waals surface area contributed by atoms with Crippen LogP contribution < -0.4 is 19.7 Å². The number of urea groups is 1. The lowest BCUT2D eigenvalue weighted by atomic mass is 9.68. The molecule has 12 heteroatoms. The molecule has 2 aliphatic heterocycles. The number of carbonyl (C=O) groups excluding carboxylic acids is 2. The minimum absolute atomic E-state index is 0. The van der Waals surface area contributed by atoms with Gasteiger partial charge in [-0.25, -0.2) is 18.7 Å². The maximum absolute atomic E-state index is 14.4. The van der Waals surface area contributed by atoms with E-state index in [-0.39, 0.29) is 42.0 Å². The van der Waals surface area contributed by atoms with Crippen LogP contribution in [0.4, 0.5) is 16.3 Å². The minimum atomic E-state index is -3.55. The number of amides is 3. The number of carbonyl (C=O) groups is 2. The third kappa shape index (κ3) is 7.95. The first-order valence-electron chi connectivity index (χ1n) is 17.4. The lowest BCUT2D eigenvalue weighted by Crippen LogP contribution is -2.49. The van der Waals surface area contributed by atoms with Crippen molar-refractivity contribution in [3.05, 3.63) is 94.7 Å². The van der Waals surface area contributed by atoms with Gasteiger partial charge in [0, 0.05) is 42.4 Å². The summed E-state index contributed by atoms with van der Waals surface area (Å²) in [5, 5.41) is 3.34. The van der Waals surface area contributed by atoms with Gasteiger partial charge in [-0.3, -0.25) is 10.1 Å². The van der Waals surface area contributed by atoms with Crippen LogP contribution in [0, 0.1) is 17.8 Å². The van der Waals surface area contributed by atoms with Gasteiger partial charge >= 0.3 is 6.03 Å². The molecule has 1 unspecified atom stereocenters. The van der Waals surface area contributed by atoms with Gasteiger partial charge in [0.2, 0.25) is 0 Å². The maximum Gasteiger partial charge on any atom is 0.332 e. The highest BCUT2D eigenvalue weighted by Gasteiger charge is 2.44. The molecule has 3 aromatic rings. The molecule has 272 valence electrons. The van der Waals surface area contributed by atoms with E-state index in [0.29, 0.717) is 37.2 Å². The van der Waals surface area contributed by atoms with Gasteiger partial charge in [0.05, 0.1) is 24.2 Å². The van der Waals surface area contributed by atoms with Crippen molar-refractivity contribution in [1.29, 1.82) is 0 Å². The van der Waals surface area contributed by atoms with Crippen molar-refractivity contribution in [3.63, 3.8) is 0 Å². The first kappa shape index (κ1) is 36.8. The number of allylic oxidation sites excluding steroid dienone is 1. The summed E-state index contributed by atoms with van der Waals surface area (Å²) in [5.74, 6) is 0.862. The Morgan fingerprint density at radius 1 is 1.16 bits per heavy atom. The second kappa shape index (κ2) is 15.4. The van der Waals surface area contributed by atoms with Crippen molar-refractivity contribution in [2.24, 2.45) is 22.1 Å². The van der Waals surface area contributed by atoms with Crippen LogP contribution in [-0.2, 0) is 26.5 Å². The van der Waals surface area contributed by atoms with Crippen LogP contribution in [0.2, 0.25) is 5.02 Å². The zero-order chi connectivity index (χ0) is 34.9. The number of halogens is 1. The average molecular weight is 734 g/mol. The predicted molar refractivity (Wildman–Crippen MR) is 203 cm³/mol. The molecular weight excluding hydrogens is 686 g/mol. The van der Waals surface area contributed by atoms with Crippen LogP contribution in [0.1, 0.15) is 67.9 Å². The summed E-state index contributed by atoms with van der Waals surface area (Å²) >= 11 is 6.45. The highest BCUT2D eigenvalue weighted by Crippen LogP contribution is 2.47. The largest absolute Gasteiger partial charge is 0.490 e. The number of pyridine rings is 1. The molecule has 3 heterocycles. The van der Waals surface area contributed by atoms with Gasteiger partial charge in [-0.05, 0) is 110 Å². The zero-order valence-corrected chi connectivity index (χ0v) is 30.1. The van der Waals surface area contributed by atoms with Crippen molar-refractivity contribution in [1.82, 2.24) is 9.71 Å². The number of fused-ring (bicyclic) bond motifs is 4. The van der Waals surface area contributed by atoms with E-state index in [2.05, 4.69) is 48.6 Å². The monoisotopic (exact) mass is 733 g/mol. The molecule has 1 aromatic heterocycles. The third-order valence-corrected chi connectivity index (χ3v) is 12.9. The number of methoxy groups -OCH3 is 1. The Hall–Kier alpha value is -3.93. The molecule has 10 nitrogen and oxygen atoms in total. The predicted octanol–water partition coefficient (Wildman–Crippen LogP) is 7.83. The lowest BCUT2D eigenvalue weighted by molar-refractivity contribution is 0.0131. The van der Waals surface area contributed by atoms with E-state index in [1.807, 2.05) is 25.1 Å². The Morgan fingerprint density at radius 2 is 2.02 bits per heavy atom. The van der Waals surface area contributed by atoms with Crippen LogP contribution >= 0.6 is 11.6 Å². The number of aromatic nitrogens is 1. The lowest BCUT2D eigenvalue weighted by Gasteiger charge is -2.46. The summed E-state index contributed by atoms with van der Waals surface area (Å²) in [4.78, 5) is 33.5. The second-order valence-corrected chi connectivity index (χ2v) is 16.7. The maximum atomic E-state index is 14.4.